The maximum Gasteiger partial charge on any atom is 0.494 e. The van der Waals surface area contributed by atoms with E-state index < -0.39 is 0 Å². The molecule has 0 atom stereocenters. The third kappa shape index (κ3) is 3.51. The Labute approximate surface area is 172 Å². The summed E-state index contributed by atoms with van der Waals surface area (Å²) in [5.41, 5.74) is 2.44. The first-order valence-electron chi connectivity index (χ1n) is 10.1. The molecule has 0 spiro atoms. The molecule has 0 aliphatic carbocycles. The summed E-state index contributed by atoms with van der Waals surface area (Å²) < 4.78 is 12.2. The Balaban J connectivity index is 1.34. The van der Waals surface area contributed by atoms with E-state index >= 15 is 0 Å². The van der Waals surface area contributed by atoms with E-state index in [0.717, 1.165) is 23.9 Å². The van der Waals surface area contributed by atoms with Crippen molar-refractivity contribution in [1.29, 1.82) is 0 Å². The summed E-state index contributed by atoms with van der Waals surface area (Å²) in [7, 11) is -0.368. The minimum Gasteiger partial charge on any atom is -0.399 e. The van der Waals surface area contributed by atoms with Crippen LogP contribution in [-0.2, 0) is 15.7 Å². The van der Waals surface area contributed by atoms with Crippen LogP contribution in [0.15, 0.2) is 48.5 Å². The molecule has 0 unspecified atom stereocenters. The van der Waals surface area contributed by atoms with Crippen LogP contribution in [0, 0.1) is 0 Å². The van der Waals surface area contributed by atoms with Gasteiger partial charge in [0.2, 0.25) is 0 Å². The van der Waals surface area contributed by atoms with E-state index in [9.17, 15) is 9.59 Å². The number of nitrogens with zero attached hydrogens (tertiary/aromatic N) is 1. The van der Waals surface area contributed by atoms with Crippen molar-refractivity contribution >= 4 is 24.4 Å². The number of hydrogen-bond acceptors (Lipinski definition) is 4. The molecule has 0 N–H and O–H groups in total. The van der Waals surface area contributed by atoms with Gasteiger partial charge >= 0.3 is 7.12 Å². The van der Waals surface area contributed by atoms with Gasteiger partial charge in [0.25, 0.3) is 11.8 Å². The van der Waals surface area contributed by atoms with Crippen LogP contribution in [0.3, 0.4) is 0 Å². The molecule has 5 nitrogen and oxygen atoms in total. The second kappa shape index (κ2) is 7.11. The summed E-state index contributed by atoms with van der Waals surface area (Å²) in [4.78, 5) is 26.2. The average molecular weight is 391 g/mol. The molecule has 1 saturated heterocycles. The lowest BCUT2D eigenvalue weighted by Crippen LogP contribution is -2.41. The van der Waals surface area contributed by atoms with Crippen LogP contribution in [0.2, 0.25) is 0 Å². The van der Waals surface area contributed by atoms with Crippen LogP contribution in [-0.4, -0.2) is 41.6 Å². The van der Waals surface area contributed by atoms with Crippen LogP contribution in [0.5, 0.6) is 0 Å². The molecular formula is C23H26BNO4. The minimum absolute atomic E-state index is 0.193. The van der Waals surface area contributed by atoms with Crippen molar-refractivity contribution in [1.82, 2.24) is 4.90 Å². The Bertz CT molecular complexity index is 901. The highest BCUT2D eigenvalue weighted by Gasteiger charge is 2.51. The molecule has 2 heterocycles. The number of benzene rings is 2. The second-order valence-electron chi connectivity index (χ2n) is 8.74. The molecular weight excluding hydrogens is 365 g/mol. The molecule has 2 amide bonds. The number of carbonyl (C=O) groups is 2. The predicted molar refractivity (Wildman–Crippen MR) is 112 cm³/mol. The Morgan fingerprint density at radius 2 is 1.34 bits per heavy atom. The van der Waals surface area contributed by atoms with E-state index in [4.69, 9.17) is 9.31 Å². The zero-order valence-corrected chi connectivity index (χ0v) is 17.4. The van der Waals surface area contributed by atoms with Gasteiger partial charge in [-0.3, -0.25) is 14.5 Å². The molecule has 2 aromatic carbocycles. The van der Waals surface area contributed by atoms with Crippen LogP contribution >= 0.6 is 0 Å². The molecule has 6 heteroatoms. The van der Waals surface area contributed by atoms with E-state index in [1.54, 1.807) is 24.3 Å². The summed E-state index contributed by atoms with van der Waals surface area (Å²) in [5.74, 6) is -0.386. The fourth-order valence-electron chi connectivity index (χ4n) is 3.70. The molecule has 2 aliphatic heterocycles. The molecule has 0 saturated carbocycles. The summed E-state index contributed by atoms with van der Waals surface area (Å²) in [5, 5.41) is 0. The van der Waals surface area contributed by atoms with Gasteiger partial charge in [0, 0.05) is 6.54 Å². The smallest absolute Gasteiger partial charge is 0.399 e. The zero-order valence-electron chi connectivity index (χ0n) is 17.4. The van der Waals surface area contributed by atoms with E-state index in [1.165, 1.54) is 4.90 Å². The summed E-state index contributed by atoms with van der Waals surface area (Å²) in [6.45, 7) is 8.59. The highest BCUT2D eigenvalue weighted by Crippen LogP contribution is 2.36. The van der Waals surface area contributed by atoms with Crippen molar-refractivity contribution in [2.45, 2.75) is 51.7 Å². The quantitative estimate of drug-likeness (QED) is 0.580. The molecule has 29 heavy (non-hydrogen) atoms. The van der Waals surface area contributed by atoms with Gasteiger partial charge in [0.1, 0.15) is 0 Å². The molecule has 2 aliphatic rings. The first kappa shape index (κ1) is 19.9. The first-order chi connectivity index (χ1) is 13.7. The Morgan fingerprint density at radius 1 is 0.828 bits per heavy atom. The lowest BCUT2D eigenvalue weighted by atomic mass is 9.78. The second-order valence-corrected chi connectivity index (χ2v) is 8.74. The van der Waals surface area contributed by atoms with Gasteiger partial charge < -0.3 is 9.31 Å². The summed E-state index contributed by atoms with van der Waals surface area (Å²) in [6.07, 6.45) is 1.51. The largest absolute Gasteiger partial charge is 0.494 e. The van der Waals surface area contributed by atoms with Crippen LogP contribution in [0.1, 0.15) is 60.4 Å². The number of aryl methyl sites for hydroxylation is 1. The van der Waals surface area contributed by atoms with Crippen molar-refractivity contribution in [3.8, 4) is 0 Å². The van der Waals surface area contributed by atoms with Crippen LogP contribution in [0.25, 0.3) is 0 Å². The molecule has 1 fully saturated rings. The van der Waals surface area contributed by atoms with E-state index in [2.05, 4.69) is 12.1 Å². The lowest BCUT2D eigenvalue weighted by Gasteiger charge is -2.32. The van der Waals surface area contributed by atoms with Crippen molar-refractivity contribution in [2.24, 2.45) is 0 Å². The molecule has 150 valence electrons. The molecule has 0 aromatic heterocycles. The minimum atomic E-state index is -0.368. The third-order valence-corrected chi connectivity index (χ3v) is 6.23. The van der Waals surface area contributed by atoms with Gasteiger partial charge in [-0.05, 0) is 63.7 Å². The Hall–Kier alpha value is -2.44. The molecule has 2 aromatic rings. The normalized spacial score (nSPS) is 19.7. The van der Waals surface area contributed by atoms with Gasteiger partial charge in [0.15, 0.2) is 0 Å². The number of hydrogen-bond donors (Lipinski definition) is 0. The third-order valence-electron chi connectivity index (χ3n) is 6.23. The highest BCUT2D eigenvalue weighted by atomic mass is 16.7. The molecule has 0 radical (unpaired) electrons. The highest BCUT2D eigenvalue weighted by molar-refractivity contribution is 6.62. The standard InChI is InChI=1S/C23H26BNO4/c1-22(2)23(3,4)29-24(28-22)17-13-11-16(12-14-17)8-7-15-25-20(26)18-9-5-6-10-19(18)21(25)27/h5-6,9-14H,7-8,15H2,1-4H3. The fraction of sp³-hybridized carbons (Fsp3) is 0.391. The fourth-order valence-corrected chi connectivity index (χ4v) is 3.70. The number of amides is 2. The lowest BCUT2D eigenvalue weighted by molar-refractivity contribution is 0.00578. The number of imide groups is 1. The maximum absolute atomic E-state index is 12.4. The summed E-state index contributed by atoms with van der Waals surface area (Å²) >= 11 is 0. The zero-order chi connectivity index (χ0) is 20.8. The van der Waals surface area contributed by atoms with Crippen molar-refractivity contribution in [3.05, 3.63) is 65.2 Å². The molecule has 4 rings (SSSR count). The number of rotatable bonds is 5. The van der Waals surface area contributed by atoms with E-state index in [0.29, 0.717) is 17.7 Å². The van der Waals surface area contributed by atoms with Gasteiger partial charge in [-0.15, -0.1) is 0 Å². The van der Waals surface area contributed by atoms with Crippen LogP contribution in [0.4, 0.5) is 0 Å². The number of fused-ring (bicyclic) bond motifs is 1. The average Bonchev–Trinajstić information content (AvgIpc) is 3.06. The topological polar surface area (TPSA) is 55.8 Å². The Morgan fingerprint density at radius 3 is 1.86 bits per heavy atom. The van der Waals surface area contributed by atoms with E-state index in [-0.39, 0.29) is 30.1 Å². The van der Waals surface area contributed by atoms with Crippen molar-refractivity contribution in [3.63, 3.8) is 0 Å². The monoisotopic (exact) mass is 391 g/mol. The number of carbonyl (C=O) groups excluding carboxylic acids is 2. The van der Waals surface area contributed by atoms with Gasteiger partial charge in [-0.2, -0.15) is 0 Å². The van der Waals surface area contributed by atoms with Gasteiger partial charge in [-0.25, -0.2) is 0 Å². The van der Waals surface area contributed by atoms with Crippen LogP contribution < -0.4 is 5.46 Å². The first-order valence-corrected chi connectivity index (χ1v) is 10.1. The van der Waals surface area contributed by atoms with Crippen molar-refractivity contribution < 1.29 is 18.9 Å². The summed E-state index contributed by atoms with van der Waals surface area (Å²) in [6, 6.07) is 15.2. The van der Waals surface area contributed by atoms with Gasteiger partial charge in [0.05, 0.1) is 22.3 Å². The van der Waals surface area contributed by atoms with E-state index in [1.807, 2.05) is 39.8 Å². The van der Waals surface area contributed by atoms with Gasteiger partial charge in [-0.1, -0.05) is 36.4 Å². The van der Waals surface area contributed by atoms with Crippen molar-refractivity contribution in [2.75, 3.05) is 6.54 Å². The Kier molecular flexibility index (Phi) is 4.87. The maximum atomic E-state index is 12.4. The predicted octanol–water partition coefficient (Wildman–Crippen LogP) is 3.21. The SMILES string of the molecule is CC1(C)OB(c2ccc(CCCN3C(=O)c4ccccc4C3=O)cc2)OC1(C)C. The molecule has 0 bridgehead atoms.